The highest BCUT2D eigenvalue weighted by atomic mass is 35.5. The van der Waals surface area contributed by atoms with Crippen LogP contribution in [0.5, 0.6) is 17.2 Å². The van der Waals surface area contributed by atoms with Crippen molar-refractivity contribution >= 4 is 153 Å². The molecule has 24 bridgehead atoms. The number of fused-ring (bicyclic) bond motifs is 24. The molecule has 9 aromatic carbocycles. The summed E-state index contributed by atoms with van der Waals surface area (Å²) in [6, 6.07) is 56.5. The smallest absolute Gasteiger partial charge is 0.354 e. The van der Waals surface area contributed by atoms with E-state index in [2.05, 4.69) is 168 Å². The number of halogens is 3. The van der Waals surface area contributed by atoms with Crippen LogP contribution in [0.2, 0.25) is 15.1 Å². The van der Waals surface area contributed by atoms with Crippen molar-refractivity contribution in [3.05, 3.63) is 287 Å². The number of esters is 3. The number of rotatable bonds is 3. The molecule has 0 spiro atoms. The Morgan fingerprint density at radius 1 is 0.350 bits per heavy atom. The van der Waals surface area contributed by atoms with Crippen LogP contribution in [-0.4, -0.2) is 155 Å². The lowest BCUT2D eigenvalue weighted by Crippen LogP contribution is -2.18. The molecule has 143 heavy (non-hydrogen) atoms. The maximum Gasteiger partial charge on any atom is 0.354 e. The van der Waals surface area contributed by atoms with Gasteiger partial charge in [-0.15, -0.1) is 35.3 Å². The number of ether oxygens (including phenoxy) is 6. The minimum atomic E-state index is -0.380. The summed E-state index contributed by atoms with van der Waals surface area (Å²) in [6.45, 7) is 17.8. The molecule has 0 fully saturated rings. The Balaban J connectivity index is 0.000000136. The largest absolute Gasteiger partial charge is 0.493 e. The first-order chi connectivity index (χ1) is 69.0. The molecule has 0 radical (unpaired) electrons. The zero-order valence-electron chi connectivity index (χ0n) is 83.7. The summed E-state index contributed by atoms with van der Waals surface area (Å²) in [5.41, 5.74) is 26.1. The van der Waals surface area contributed by atoms with Crippen LogP contribution in [0.1, 0.15) is 141 Å². The van der Waals surface area contributed by atoms with Crippen molar-refractivity contribution < 1.29 is 42.8 Å². The van der Waals surface area contributed by atoms with Crippen molar-refractivity contribution in [2.45, 2.75) is 152 Å². The molecule has 12 heterocycles. The number of thioether (sulfide) groups is 3. The quantitative estimate of drug-likeness (QED) is 0.118. The van der Waals surface area contributed by atoms with E-state index >= 15 is 0 Å². The fourth-order valence-corrected chi connectivity index (χ4v) is 24.4. The number of carbonyl (C=O) groups is 3. The number of aromatic nitrogens is 15. The summed E-state index contributed by atoms with van der Waals surface area (Å²) in [5.74, 6) is 4.46. The van der Waals surface area contributed by atoms with Crippen LogP contribution in [0.15, 0.2) is 174 Å². The van der Waals surface area contributed by atoms with E-state index in [0.717, 1.165) is 235 Å². The van der Waals surface area contributed by atoms with Crippen LogP contribution in [0, 0.1) is 41.5 Å². The summed E-state index contributed by atoms with van der Waals surface area (Å²) in [6.07, 6.45) is 3.80. The predicted octanol–water partition coefficient (Wildman–Crippen LogP) is 23.4. The number of hydrogen-bond donors (Lipinski definition) is 0. The zero-order valence-corrected chi connectivity index (χ0v) is 88.4. The Labute approximate surface area is 858 Å². The van der Waals surface area contributed by atoms with Crippen LogP contribution < -0.4 is 14.2 Å². The Morgan fingerprint density at radius 3 is 1.10 bits per heavy atom. The van der Waals surface area contributed by atoms with E-state index in [1.165, 1.54) is 32.6 Å². The van der Waals surface area contributed by atoms with Crippen LogP contribution in [-0.2, 0) is 138 Å². The molecule has 0 saturated heterocycles. The molecule has 9 aromatic heterocycles. The normalized spacial score (nSPS) is 14.4. The van der Waals surface area contributed by atoms with Gasteiger partial charge in [-0.05, 0) is 211 Å². The summed E-state index contributed by atoms with van der Waals surface area (Å²) in [5, 5.41) is 40.8. The Hall–Kier alpha value is -12.7. The van der Waals surface area contributed by atoms with E-state index < -0.39 is 0 Å². The Kier molecular flexibility index (Phi) is 29.0. The van der Waals surface area contributed by atoms with Crippen LogP contribution in [0.25, 0.3) is 98.4 Å². The number of nitrogens with zero attached hydrogens (tertiary/aromatic N) is 17. The topological polar surface area (TPSA) is 235 Å². The third-order valence-corrected chi connectivity index (χ3v) is 31.9. The SMILES string of the molecule is COC(=O)c1c(C)c2c3c(Cl)ccc2n1CCCOc1cc(cc2ccccc12)CCc1cc(nn1C)CSCc1nn(C)c(C)c1-3.COC(=O)c1c(C)c2c3c(Cl)ccc2n1CCCOc1cc(cc2ccccc12)SCc1cc(nn1C)CN(C)Cc1nn(C)c(C)c1-3.COC(=O)c1c(C)c2c3c(Cl)ccc2n1CCCOc1cc(cc2ccccc12)SCc1cc(nn1C)CN(C)Cc1nn(C)c(C)c1-3. The van der Waals surface area contributed by atoms with Crippen molar-refractivity contribution in [3.63, 3.8) is 0 Å². The molecule has 738 valence electrons. The first kappa shape index (κ1) is 99.0. The summed E-state index contributed by atoms with van der Waals surface area (Å²) in [7, 11) is 20.4. The monoisotopic (exact) mass is 2030 g/mol. The molecular formula is C111H116Cl3N17O9S3. The van der Waals surface area contributed by atoms with Crippen molar-refractivity contribution in [2.75, 3.05) is 55.2 Å². The van der Waals surface area contributed by atoms with Gasteiger partial charge in [-0.3, -0.25) is 37.9 Å². The van der Waals surface area contributed by atoms with Gasteiger partial charge < -0.3 is 42.1 Å². The predicted molar refractivity (Wildman–Crippen MR) is 574 cm³/mol. The average molecular weight is 2030 g/mol. The molecule has 21 rings (SSSR count). The lowest BCUT2D eigenvalue weighted by molar-refractivity contribution is 0.0579. The van der Waals surface area contributed by atoms with E-state index in [0.29, 0.717) is 123 Å². The van der Waals surface area contributed by atoms with Crippen LogP contribution in [0.3, 0.4) is 0 Å². The second-order valence-corrected chi connectivity index (χ2v) is 41.6. The molecule has 0 atom stereocenters. The van der Waals surface area contributed by atoms with Gasteiger partial charge in [0, 0.05) is 252 Å². The van der Waals surface area contributed by atoms with Gasteiger partial charge in [0.25, 0.3) is 0 Å². The number of methoxy groups -OCH3 is 3. The lowest BCUT2D eigenvalue weighted by atomic mass is 9.96. The summed E-state index contributed by atoms with van der Waals surface area (Å²) in [4.78, 5) is 46.7. The van der Waals surface area contributed by atoms with Gasteiger partial charge in [-0.25, -0.2) is 14.4 Å². The molecule has 0 saturated carbocycles. The van der Waals surface area contributed by atoms with Gasteiger partial charge in [0.1, 0.15) is 34.3 Å². The highest BCUT2D eigenvalue weighted by Gasteiger charge is 2.34. The molecule has 3 aliphatic heterocycles. The fourth-order valence-electron chi connectivity index (χ4n) is 20.9. The van der Waals surface area contributed by atoms with Crippen molar-refractivity contribution in [2.24, 2.45) is 42.3 Å². The maximum atomic E-state index is 13.4. The third-order valence-electron chi connectivity index (χ3n) is 27.9. The highest BCUT2D eigenvalue weighted by molar-refractivity contribution is 7.98. The minimum absolute atomic E-state index is 0.372. The third kappa shape index (κ3) is 19.6. The number of benzene rings is 9. The van der Waals surface area contributed by atoms with Gasteiger partial charge in [-0.2, -0.15) is 30.6 Å². The van der Waals surface area contributed by atoms with E-state index in [1.54, 1.807) is 35.3 Å². The minimum Gasteiger partial charge on any atom is -0.493 e. The van der Waals surface area contributed by atoms with E-state index in [4.69, 9.17) is 93.8 Å². The molecule has 0 amide bonds. The standard InChI is InChI=1S/2C37H39ClN6O3S.C37H38ClN5O3S/c2*1-22-33-31-13-12-29(38)35(33)34-23(2)42(4)40-30(34)20-41(3)19-25-17-26(43(5)39-25)21-48-27-16-24-10-7-8-11-28(24)32(18-27)47-15-9-14-44(31)36(22)37(45)46-6;1-22-33-31-14-13-29(38)35(33)34-23(2)41(3)40-30(34)21-47-20-26-19-27(42(4)39-26)12-11-24-17-25-9-6-7-10-28(25)32(18-24)46-16-8-15-43(31)36(22)37(44)45-5/h2*7-8,10-13,16-18H,9,14-15,19-21H2,1-6H3;6-7,9-10,13-14,17-19H,8,11-12,15-16,20-21H2,1-5H3. The van der Waals surface area contributed by atoms with Crippen molar-refractivity contribution in [3.8, 4) is 50.6 Å². The maximum absolute atomic E-state index is 13.4. The van der Waals surface area contributed by atoms with Gasteiger partial charge in [0.15, 0.2) is 0 Å². The van der Waals surface area contributed by atoms with E-state index in [-0.39, 0.29) is 17.9 Å². The van der Waals surface area contributed by atoms with Crippen molar-refractivity contribution in [1.29, 1.82) is 0 Å². The second kappa shape index (κ2) is 41.9. The molecule has 0 N–H and O–H groups in total. The van der Waals surface area contributed by atoms with Crippen LogP contribution >= 0.6 is 70.1 Å². The molecular weight excluding hydrogens is 1920 g/mol. The molecule has 18 aromatic rings. The molecule has 26 nitrogen and oxygen atoms in total. The lowest BCUT2D eigenvalue weighted by Gasteiger charge is -2.16. The summed E-state index contributed by atoms with van der Waals surface area (Å²) >= 11 is 26.5. The first-order valence-electron chi connectivity index (χ1n) is 48.0. The van der Waals surface area contributed by atoms with Gasteiger partial charge in [0.2, 0.25) is 0 Å². The van der Waals surface area contributed by atoms with Crippen LogP contribution in [0.4, 0.5) is 0 Å². The zero-order chi connectivity index (χ0) is 100. The first-order valence-corrected chi connectivity index (χ1v) is 52.3. The second-order valence-electron chi connectivity index (χ2n) is 37.3. The molecule has 3 aliphatic rings. The molecule has 32 heteroatoms. The highest BCUT2D eigenvalue weighted by Crippen LogP contribution is 2.49. The Bertz CT molecular complexity index is 7720. The van der Waals surface area contributed by atoms with Gasteiger partial charge >= 0.3 is 17.9 Å². The number of carbonyl (C=O) groups excluding carboxylic acids is 3. The van der Waals surface area contributed by atoms with Gasteiger partial charge in [-0.1, -0.05) is 114 Å². The molecule has 0 unspecified atom stereocenters. The number of aryl methyl sites for hydroxylation is 14. The van der Waals surface area contributed by atoms with Gasteiger partial charge in [0.05, 0.1) is 75.3 Å². The molecule has 0 aliphatic carbocycles. The summed E-state index contributed by atoms with van der Waals surface area (Å²) < 4.78 is 53.3. The average Bonchev–Trinajstić information content (AvgIpc) is 1.58. The fraction of sp³-hybridized carbons (Fsp3) is 0.324. The number of hydrogen-bond acceptors (Lipinski definition) is 20. The van der Waals surface area contributed by atoms with E-state index in [1.807, 2.05) is 146 Å². The van der Waals surface area contributed by atoms with Crippen molar-refractivity contribution in [1.82, 2.24) is 82.2 Å². The van der Waals surface area contributed by atoms with E-state index in [9.17, 15) is 14.4 Å². The Morgan fingerprint density at radius 2 is 0.699 bits per heavy atom.